The second kappa shape index (κ2) is 9.27. The van der Waals surface area contributed by atoms with Crippen LogP contribution in [-0.2, 0) is 17.6 Å². The van der Waals surface area contributed by atoms with Crippen molar-refractivity contribution >= 4 is 5.91 Å². The van der Waals surface area contributed by atoms with Crippen LogP contribution in [0.4, 0.5) is 0 Å². The van der Waals surface area contributed by atoms with Gasteiger partial charge < -0.3 is 21.1 Å². The topological polar surface area (TPSA) is 81.6 Å². The monoisotopic (exact) mass is 387 g/mol. The first-order valence-electron chi connectivity index (χ1n) is 11.0. The zero-order valence-electron chi connectivity index (χ0n) is 17.6. The maximum atomic E-state index is 11.9. The molecule has 1 amide bonds. The molecule has 1 aliphatic carbocycles. The van der Waals surface area contributed by atoms with Crippen LogP contribution in [0.25, 0.3) is 0 Å². The molecule has 0 unspecified atom stereocenters. The number of hydrogen-bond donors (Lipinski definition) is 2. The molecule has 3 rings (SSSR count). The number of carbonyl (C=O) groups is 1. The number of fused-ring (bicyclic) bond motifs is 1. The Kier molecular flexibility index (Phi) is 7.00. The molecule has 0 atom stereocenters. The Morgan fingerprint density at radius 3 is 2.57 bits per heavy atom. The Labute approximate surface area is 169 Å². The first-order chi connectivity index (χ1) is 13.4. The minimum Gasteiger partial charge on any atom is -0.477 e. The predicted molar refractivity (Wildman–Crippen MR) is 114 cm³/mol. The fourth-order valence-corrected chi connectivity index (χ4v) is 4.51. The van der Waals surface area contributed by atoms with Gasteiger partial charge in [0, 0.05) is 0 Å². The fraction of sp³-hybridized carbons (Fsp3) is 0.696. The molecule has 0 bridgehead atoms. The standard InChI is InChI=1S/C23H37N3O2/c1-23(2,22(25)27)28-21-19-8-4-3-7-17(19)9-10-20(21)18-11-15-26(16-12-18)14-6-5-13-24/h9-10,18H,3-8,11-16,24H2,1-2H3,(H2,25,27). The zero-order chi connectivity index (χ0) is 20.1. The van der Waals surface area contributed by atoms with E-state index in [1.165, 1.54) is 36.0 Å². The van der Waals surface area contributed by atoms with Crippen molar-refractivity contribution in [2.75, 3.05) is 26.2 Å². The summed E-state index contributed by atoms with van der Waals surface area (Å²) in [6, 6.07) is 4.55. The number of carbonyl (C=O) groups excluding carboxylic acids is 1. The Hall–Kier alpha value is -1.59. The van der Waals surface area contributed by atoms with Crippen molar-refractivity contribution in [3.05, 3.63) is 28.8 Å². The molecule has 1 aromatic rings. The maximum Gasteiger partial charge on any atom is 0.261 e. The second-order valence-corrected chi connectivity index (χ2v) is 8.92. The number of aryl methyl sites for hydroxylation is 1. The number of likely N-dealkylation sites (tertiary alicyclic amines) is 1. The summed E-state index contributed by atoms with van der Waals surface area (Å²) >= 11 is 0. The molecule has 1 aliphatic heterocycles. The summed E-state index contributed by atoms with van der Waals surface area (Å²) in [6.45, 7) is 7.72. The van der Waals surface area contributed by atoms with Gasteiger partial charge >= 0.3 is 0 Å². The Bertz CT molecular complexity index is 679. The summed E-state index contributed by atoms with van der Waals surface area (Å²) in [5.74, 6) is 1.01. The molecule has 0 spiro atoms. The molecule has 1 saturated heterocycles. The second-order valence-electron chi connectivity index (χ2n) is 8.92. The van der Waals surface area contributed by atoms with Crippen LogP contribution in [-0.4, -0.2) is 42.6 Å². The first-order valence-corrected chi connectivity index (χ1v) is 11.0. The molecule has 28 heavy (non-hydrogen) atoms. The molecule has 0 aromatic heterocycles. The molecule has 4 N–H and O–H groups in total. The van der Waals surface area contributed by atoms with E-state index >= 15 is 0 Å². The van der Waals surface area contributed by atoms with E-state index in [-0.39, 0.29) is 0 Å². The molecular weight excluding hydrogens is 350 g/mol. The maximum absolute atomic E-state index is 11.9. The van der Waals surface area contributed by atoms with Crippen molar-refractivity contribution in [3.8, 4) is 5.75 Å². The number of rotatable bonds is 8. The smallest absolute Gasteiger partial charge is 0.261 e. The summed E-state index contributed by atoms with van der Waals surface area (Å²) in [5.41, 5.74) is 14.2. The molecule has 5 nitrogen and oxygen atoms in total. The third-order valence-corrected chi connectivity index (χ3v) is 6.42. The van der Waals surface area contributed by atoms with E-state index in [0.717, 1.165) is 64.0 Å². The van der Waals surface area contributed by atoms with E-state index in [1.54, 1.807) is 13.8 Å². The fourth-order valence-electron chi connectivity index (χ4n) is 4.51. The lowest BCUT2D eigenvalue weighted by Gasteiger charge is -2.35. The van der Waals surface area contributed by atoms with Crippen LogP contribution in [0, 0.1) is 0 Å². The molecule has 5 heteroatoms. The highest BCUT2D eigenvalue weighted by Crippen LogP contribution is 2.41. The average molecular weight is 388 g/mol. The van der Waals surface area contributed by atoms with Crippen LogP contribution in [0.15, 0.2) is 12.1 Å². The highest BCUT2D eigenvalue weighted by molar-refractivity contribution is 5.83. The van der Waals surface area contributed by atoms with Crippen LogP contribution in [0.5, 0.6) is 5.75 Å². The minimum absolute atomic E-state index is 0.415. The van der Waals surface area contributed by atoms with Gasteiger partial charge in [-0.3, -0.25) is 4.79 Å². The number of hydrogen-bond acceptors (Lipinski definition) is 4. The van der Waals surface area contributed by atoms with Gasteiger partial charge in [0.05, 0.1) is 0 Å². The van der Waals surface area contributed by atoms with Gasteiger partial charge in [0.25, 0.3) is 5.91 Å². The molecule has 2 aliphatic rings. The lowest BCUT2D eigenvalue weighted by Crippen LogP contribution is -2.44. The molecular formula is C23H37N3O2. The molecule has 156 valence electrons. The Morgan fingerprint density at radius 1 is 1.18 bits per heavy atom. The van der Waals surface area contributed by atoms with Gasteiger partial charge in [-0.05, 0) is 114 Å². The lowest BCUT2D eigenvalue weighted by molar-refractivity contribution is -0.130. The number of amides is 1. The van der Waals surface area contributed by atoms with E-state index in [9.17, 15) is 4.79 Å². The Balaban J connectivity index is 1.80. The number of unbranched alkanes of at least 4 members (excludes halogenated alkanes) is 1. The van der Waals surface area contributed by atoms with Crippen LogP contribution >= 0.6 is 0 Å². The van der Waals surface area contributed by atoms with Crippen LogP contribution < -0.4 is 16.2 Å². The minimum atomic E-state index is -0.996. The van der Waals surface area contributed by atoms with Gasteiger partial charge in [0.1, 0.15) is 5.75 Å². The summed E-state index contributed by atoms with van der Waals surface area (Å²) in [6.07, 6.45) is 9.10. The highest BCUT2D eigenvalue weighted by Gasteiger charge is 2.32. The van der Waals surface area contributed by atoms with E-state index in [2.05, 4.69) is 17.0 Å². The SMILES string of the molecule is CC(C)(Oc1c(C2CCN(CCCCN)CC2)ccc2c1CCCC2)C(N)=O. The van der Waals surface area contributed by atoms with Gasteiger partial charge in [-0.1, -0.05) is 12.1 Å². The Morgan fingerprint density at radius 2 is 1.89 bits per heavy atom. The van der Waals surface area contributed by atoms with Gasteiger partial charge in [-0.15, -0.1) is 0 Å². The molecule has 1 aromatic carbocycles. The largest absolute Gasteiger partial charge is 0.477 e. The summed E-state index contributed by atoms with van der Waals surface area (Å²) in [7, 11) is 0. The van der Waals surface area contributed by atoms with E-state index in [0.29, 0.717) is 5.92 Å². The van der Waals surface area contributed by atoms with Gasteiger partial charge in [-0.2, -0.15) is 0 Å². The van der Waals surface area contributed by atoms with Crippen LogP contribution in [0.3, 0.4) is 0 Å². The summed E-state index contributed by atoms with van der Waals surface area (Å²) in [4.78, 5) is 14.5. The van der Waals surface area contributed by atoms with Gasteiger partial charge in [-0.25, -0.2) is 0 Å². The van der Waals surface area contributed by atoms with Gasteiger partial charge in [0.15, 0.2) is 5.60 Å². The number of nitrogens with two attached hydrogens (primary N) is 2. The third kappa shape index (κ3) is 4.87. The van der Waals surface area contributed by atoms with Crippen LogP contribution in [0.2, 0.25) is 0 Å². The van der Waals surface area contributed by atoms with Crippen molar-refractivity contribution in [1.29, 1.82) is 0 Å². The van der Waals surface area contributed by atoms with Crippen molar-refractivity contribution < 1.29 is 9.53 Å². The number of ether oxygens (including phenoxy) is 1. The number of primary amides is 1. The zero-order valence-corrected chi connectivity index (χ0v) is 17.6. The van der Waals surface area contributed by atoms with E-state index in [4.69, 9.17) is 16.2 Å². The summed E-state index contributed by atoms with van der Waals surface area (Å²) in [5, 5.41) is 0. The quantitative estimate of drug-likeness (QED) is 0.672. The van der Waals surface area contributed by atoms with Crippen molar-refractivity contribution in [2.24, 2.45) is 11.5 Å². The van der Waals surface area contributed by atoms with Crippen molar-refractivity contribution in [2.45, 2.75) is 76.7 Å². The number of benzene rings is 1. The molecule has 1 heterocycles. The van der Waals surface area contributed by atoms with Crippen molar-refractivity contribution in [1.82, 2.24) is 4.90 Å². The predicted octanol–water partition coefficient (Wildman–Crippen LogP) is 3.13. The summed E-state index contributed by atoms with van der Waals surface area (Å²) < 4.78 is 6.35. The van der Waals surface area contributed by atoms with Gasteiger partial charge in [0.2, 0.25) is 0 Å². The number of nitrogens with zero attached hydrogens (tertiary/aromatic N) is 1. The van der Waals surface area contributed by atoms with E-state index in [1.807, 2.05) is 0 Å². The molecule has 1 fully saturated rings. The van der Waals surface area contributed by atoms with E-state index < -0.39 is 11.5 Å². The third-order valence-electron chi connectivity index (χ3n) is 6.42. The average Bonchev–Trinajstić information content (AvgIpc) is 2.69. The molecule has 0 radical (unpaired) electrons. The lowest BCUT2D eigenvalue weighted by atomic mass is 9.83. The first kappa shape index (κ1) is 21.1. The van der Waals surface area contributed by atoms with Crippen molar-refractivity contribution in [3.63, 3.8) is 0 Å². The number of piperidine rings is 1. The molecule has 0 saturated carbocycles. The normalized spacial score (nSPS) is 18.7. The van der Waals surface area contributed by atoms with Crippen LogP contribution in [0.1, 0.15) is 75.0 Å². The highest BCUT2D eigenvalue weighted by atomic mass is 16.5.